The minimum atomic E-state index is 0. The van der Waals surface area contributed by atoms with Gasteiger partial charge in [0.05, 0.1) is 7.11 Å². The zero-order valence-electron chi connectivity index (χ0n) is 17.2. The fourth-order valence-corrected chi connectivity index (χ4v) is 3.47. The Morgan fingerprint density at radius 3 is 2.56 bits per heavy atom. The first kappa shape index (κ1) is 24.0. The molecule has 0 bridgehead atoms. The molecule has 6 heteroatoms. The molecule has 154 valence electrons. The molecule has 0 spiro atoms. The summed E-state index contributed by atoms with van der Waals surface area (Å²) in [6.45, 7) is 6.73. The predicted octanol–water partition coefficient (Wildman–Crippen LogP) is 3.68. The maximum Gasteiger partial charge on any atom is 0.190 e. The molecule has 1 aromatic rings. The van der Waals surface area contributed by atoms with Crippen LogP contribution in [0.2, 0.25) is 0 Å². The van der Waals surface area contributed by atoms with E-state index >= 15 is 0 Å². The number of benzene rings is 1. The Hall–Kier alpha value is -1.02. The molecule has 0 aliphatic carbocycles. The number of rotatable bonds is 9. The second-order valence-corrected chi connectivity index (χ2v) is 7.11. The normalized spacial score (nSPS) is 17.9. The first-order valence-corrected chi connectivity index (χ1v) is 10.0. The molecular weight excluding hydrogens is 451 g/mol. The van der Waals surface area contributed by atoms with Crippen LogP contribution in [0.1, 0.15) is 44.6 Å². The minimum Gasteiger partial charge on any atom is -0.497 e. The van der Waals surface area contributed by atoms with Gasteiger partial charge in [0.2, 0.25) is 0 Å². The standard InChI is InChI=1S/C21H36N4O.HI/c1-18-8-4-6-16-25(18)17-7-5-14-23-21(22-2)24-15-13-19-9-11-20(26-3)12-10-19;/h9-12,18H,4-8,13-17H2,1-3H3,(H2,22,23,24);1H. The van der Waals surface area contributed by atoms with Gasteiger partial charge in [0.15, 0.2) is 5.96 Å². The average Bonchev–Trinajstić information content (AvgIpc) is 2.68. The highest BCUT2D eigenvalue weighted by molar-refractivity contribution is 14.0. The third-order valence-electron chi connectivity index (χ3n) is 5.19. The SMILES string of the molecule is CN=C(NCCCCN1CCCCC1C)NCCc1ccc(OC)cc1.I. The average molecular weight is 488 g/mol. The van der Waals surface area contributed by atoms with E-state index in [4.69, 9.17) is 4.74 Å². The van der Waals surface area contributed by atoms with Crippen LogP contribution >= 0.6 is 24.0 Å². The third kappa shape index (κ3) is 9.14. The molecule has 2 N–H and O–H groups in total. The van der Waals surface area contributed by atoms with Crippen LogP contribution in [0.15, 0.2) is 29.3 Å². The van der Waals surface area contributed by atoms with Crippen molar-refractivity contribution in [3.63, 3.8) is 0 Å². The van der Waals surface area contributed by atoms with Crippen molar-refractivity contribution < 1.29 is 4.74 Å². The zero-order chi connectivity index (χ0) is 18.6. The largest absolute Gasteiger partial charge is 0.497 e. The van der Waals surface area contributed by atoms with Crippen molar-refractivity contribution in [1.82, 2.24) is 15.5 Å². The molecule has 1 aliphatic heterocycles. The second kappa shape index (κ2) is 14.0. The first-order chi connectivity index (χ1) is 12.7. The Kier molecular flexibility index (Phi) is 12.5. The van der Waals surface area contributed by atoms with Gasteiger partial charge in [-0.15, -0.1) is 24.0 Å². The Morgan fingerprint density at radius 1 is 1.15 bits per heavy atom. The van der Waals surface area contributed by atoms with Crippen molar-refractivity contribution in [2.24, 2.45) is 4.99 Å². The molecule has 0 saturated carbocycles. The number of hydrogen-bond donors (Lipinski definition) is 2. The number of halogens is 1. The number of unbranched alkanes of at least 4 members (excludes halogenated alkanes) is 1. The lowest BCUT2D eigenvalue weighted by molar-refractivity contribution is 0.158. The van der Waals surface area contributed by atoms with Crippen LogP contribution in [-0.4, -0.2) is 57.2 Å². The Labute approximate surface area is 182 Å². The second-order valence-electron chi connectivity index (χ2n) is 7.11. The molecule has 2 rings (SSSR count). The summed E-state index contributed by atoms with van der Waals surface area (Å²) in [5.41, 5.74) is 1.30. The van der Waals surface area contributed by atoms with E-state index in [1.54, 1.807) is 7.11 Å². The number of likely N-dealkylation sites (tertiary alicyclic amines) is 1. The lowest BCUT2D eigenvalue weighted by Gasteiger charge is -2.33. The van der Waals surface area contributed by atoms with Crippen molar-refractivity contribution in [1.29, 1.82) is 0 Å². The van der Waals surface area contributed by atoms with Crippen LogP contribution in [0.4, 0.5) is 0 Å². The summed E-state index contributed by atoms with van der Waals surface area (Å²) in [7, 11) is 3.53. The van der Waals surface area contributed by atoms with E-state index in [0.717, 1.165) is 37.3 Å². The van der Waals surface area contributed by atoms with E-state index in [0.29, 0.717) is 0 Å². The fourth-order valence-electron chi connectivity index (χ4n) is 3.47. The van der Waals surface area contributed by atoms with Crippen LogP contribution in [0.3, 0.4) is 0 Å². The number of hydrogen-bond acceptors (Lipinski definition) is 3. The lowest BCUT2D eigenvalue weighted by Crippen LogP contribution is -2.40. The molecule has 1 fully saturated rings. The molecule has 1 atom stereocenters. The van der Waals surface area contributed by atoms with E-state index in [-0.39, 0.29) is 24.0 Å². The molecule has 0 aromatic heterocycles. The number of nitrogens with one attached hydrogen (secondary N) is 2. The fraction of sp³-hybridized carbons (Fsp3) is 0.667. The molecule has 5 nitrogen and oxygen atoms in total. The maximum absolute atomic E-state index is 5.19. The van der Waals surface area contributed by atoms with Gasteiger partial charge in [-0.2, -0.15) is 0 Å². The summed E-state index contributed by atoms with van der Waals surface area (Å²) >= 11 is 0. The van der Waals surface area contributed by atoms with Gasteiger partial charge in [-0.1, -0.05) is 18.6 Å². The van der Waals surface area contributed by atoms with E-state index in [1.165, 1.54) is 50.8 Å². The zero-order valence-corrected chi connectivity index (χ0v) is 19.5. The Bertz CT molecular complexity index is 535. The minimum absolute atomic E-state index is 0. The van der Waals surface area contributed by atoms with Crippen molar-refractivity contribution in [2.45, 2.75) is 51.5 Å². The smallest absolute Gasteiger partial charge is 0.190 e. The third-order valence-corrected chi connectivity index (χ3v) is 5.19. The van der Waals surface area contributed by atoms with Crippen molar-refractivity contribution in [3.8, 4) is 5.75 Å². The molecule has 0 amide bonds. The van der Waals surface area contributed by atoms with Gasteiger partial charge in [0.25, 0.3) is 0 Å². The highest BCUT2D eigenvalue weighted by Gasteiger charge is 2.16. The van der Waals surface area contributed by atoms with Gasteiger partial charge in [-0.25, -0.2) is 0 Å². The monoisotopic (exact) mass is 488 g/mol. The maximum atomic E-state index is 5.19. The van der Waals surface area contributed by atoms with Crippen LogP contribution < -0.4 is 15.4 Å². The molecule has 0 radical (unpaired) electrons. The van der Waals surface area contributed by atoms with Crippen LogP contribution in [0.5, 0.6) is 5.75 Å². The van der Waals surface area contributed by atoms with Gasteiger partial charge in [0.1, 0.15) is 5.75 Å². The van der Waals surface area contributed by atoms with E-state index in [1.807, 2.05) is 19.2 Å². The Balaban J connectivity index is 0.00000364. The number of methoxy groups -OCH3 is 1. The molecule has 1 aliphatic rings. The van der Waals surface area contributed by atoms with Crippen molar-refractivity contribution in [3.05, 3.63) is 29.8 Å². The van der Waals surface area contributed by atoms with Gasteiger partial charge in [-0.05, 0) is 69.8 Å². The van der Waals surface area contributed by atoms with E-state index in [2.05, 4.69) is 39.6 Å². The molecular formula is C21H37IN4O. The van der Waals surface area contributed by atoms with Gasteiger partial charge >= 0.3 is 0 Å². The number of aliphatic imine (C=N–C) groups is 1. The van der Waals surface area contributed by atoms with E-state index < -0.39 is 0 Å². The molecule has 1 saturated heterocycles. The van der Waals surface area contributed by atoms with Crippen LogP contribution in [0, 0.1) is 0 Å². The number of ether oxygens (including phenoxy) is 1. The summed E-state index contributed by atoms with van der Waals surface area (Å²) < 4.78 is 5.19. The summed E-state index contributed by atoms with van der Waals surface area (Å²) in [4.78, 5) is 6.95. The quantitative estimate of drug-likeness (QED) is 0.241. The summed E-state index contributed by atoms with van der Waals surface area (Å²) in [6.07, 6.45) is 7.54. The van der Waals surface area contributed by atoms with Gasteiger partial charge in [-0.3, -0.25) is 4.99 Å². The highest BCUT2D eigenvalue weighted by Crippen LogP contribution is 2.16. The summed E-state index contributed by atoms with van der Waals surface area (Å²) in [6, 6.07) is 9.00. The van der Waals surface area contributed by atoms with E-state index in [9.17, 15) is 0 Å². The molecule has 1 aromatic carbocycles. The molecule has 27 heavy (non-hydrogen) atoms. The lowest BCUT2D eigenvalue weighted by atomic mass is 10.0. The number of piperidine rings is 1. The van der Waals surface area contributed by atoms with Crippen LogP contribution in [0.25, 0.3) is 0 Å². The number of guanidine groups is 1. The highest BCUT2D eigenvalue weighted by atomic mass is 127. The van der Waals surface area contributed by atoms with Crippen molar-refractivity contribution >= 4 is 29.9 Å². The van der Waals surface area contributed by atoms with Crippen LogP contribution in [-0.2, 0) is 6.42 Å². The van der Waals surface area contributed by atoms with Gasteiger partial charge in [0, 0.05) is 26.2 Å². The summed E-state index contributed by atoms with van der Waals surface area (Å²) in [5, 5.41) is 6.81. The first-order valence-electron chi connectivity index (χ1n) is 10.0. The van der Waals surface area contributed by atoms with Gasteiger partial charge < -0.3 is 20.3 Å². The predicted molar refractivity (Wildman–Crippen MR) is 126 cm³/mol. The Morgan fingerprint density at radius 2 is 1.89 bits per heavy atom. The molecule has 1 heterocycles. The van der Waals surface area contributed by atoms with Crippen molar-refractivity contribution in [2.75, 3.05) is 40.3 Å². The molecule has 1 unspecified atom stereocenters. The summed E-state index contributed by atoms with van der Waals surface area (Å²) in [5.74, 6) is 1.79. The number of nitrogens with zero attached hydrogens (tertiary/aromatic N) is 2. The topological polar surface area (TPSA) is 48.9 Å².